The van der Waals surface area contributed by atoms with Crippen LogP contribution in [0.3, 0.4) is 0 Å². The van der Waals surface area contributed by atoms with Crippen LogP contribution in [-0.4, -0.2) is 18.5 Å². The van der Waals surface area contributed by atoms with Crippen LogP contribution >= 0.6 is 0 Å². The van der Waals surface area contributed by atoms with E-state index in [1.54, 1.807) is 0 Å². The molecule has 0 spiro atoms. The van der Waals surface area contributed by atoms with Crippen molar-refractivity contribution in [3.63, 3.8) is 0 Å². The average molecular weight is 154 g/mol. The van der Waals surface area contributed by atoms with Gasteiger partial charge in [0.1, 0.15) is 5.78 Å². The van der Waals surface area contributed by atoms with Crippen LogP contribution in [-0.2, 0) is 9.53 Å². The van der Waals surface area contributed by atoms with Gasteiger partial charge < -0.3 is 4.74 Å². The van der Waals surface area contributed by atoms with E-state index in [2.05, 4.69) is 0 Å². The van der Waals surface area contributed by atoms with E-state index in [-0.39, 0.29) is 0 Å². The molecule has 11 heavy (non-hydrogen) atoms. The van der Waals surface area contributed by atoms with Crippen LogP contribution in [0.25, 0.3) is 0 Å². The number of rotatable bonds is 0. The molecule has 0 N–H and O–H groups in total. The summed E-state index contributed by atoms with van der Waals surface area (Å²) in [7, 11) is 0. The van der Waals surface area contributed by atoms with Gasteiger partial charge in [0.2, 0.25) is 0 Å². The maximum atomic E-state index is 11.1. The summed E-state index contributed by atoms with van der Waals surface area (Å²) in [6, 6.07) is 0. The Balaban J connectivity index is 1.98. The smallest absolute Gasteiger partial charge is 0.133 e. The van der Waals surface area contributed by atoms with Crippen LogP contribution in [0.5, 0.6) is 0 Å². The standard InChI is InChI=1S/C9H14O2/c10-8-3-4-9-7(6-8)2-1-5-11-9/h7,9H,1-6H2. The Kier molecular flexibility index (Phi) is 1.95. The fourth-order valence-electron chi connectivity index (χ4n) is 2.15. The summed E-state index contributed by atoms with van der Waals surface area (Å²) in [4.78, 5) is 11.1. The molecule has 1 saturated heterocycles. The van der Waals surface area contributed by atoms with Crippen LogP contribution in [0.4, 0.5) is 0 Å². The molecule has 0 amide bonds. The molecule has 0 radical (unpaired) electrons. The second kappa shape index (κ2) is 2.94. The Labute approximate surface area is 66.9 Å². The highest BCUT2D eigenvalue weighted by molar-refractivity contribution is 5.79. The van der Waals surface area contributed by atoms with E-state index in [0.29, 0.717) is 17.8 Å². The Morgan fingerprint density at radius 2 is 2.27 bits per heavy atom. The SMILES string of the molecule is O=C1CCC2OCCCC2C1. The monoisotopic (exact) mass is 154 g/mol. The first-order valence-corrected chi connectivity index (χ1v) is 4.49. The van der Waals surface area contributed by atoms with Gasteiger partial charge in [-0.05, 0) is 25.2 Å². The van der Waals surface area contributed by atoms with E-state index < -0.39 is 0 Å². The molecule has 2 heteroatoms. The summed E-state index contributed by atoms with van der Waals surface area (Å²) in [5, 5.41) is 0. The van der Waals surface area contributed by atoms with Crippen molar-refractivity contribution >= 4 is 5.78 Å². The number of ketones is 1. The highest BCUT2D eigenvalue weighted by Crippen LogP contribution is 2.31. The first-order chi connectivity index (χ1) is 5.36. The lowest BCUT2D eigenvalue weighted by atomic mass is 9.81. The lowest BCUT2D eigenvalue weighted by molar-refractivity contribution is -0.128. The van der Waals surface area contributed by atoms with Crippen molar-refractivity contribution in [2.24, 2.45) is 5.92 Å². The number of carbonyl (C=O) groups is 1. The Morgan fingerprint density at radius 3 is 3.18 bits per heavy atom. The molecule has 2 nitrogen and oxygen atoms in total. The van der Waals surface area contributed by atoms with Gasteiger partial charge in [0.05, 0.1) is 6.10 Å². The second-order valence-electron chi connectivity index (χ2n) is 3.59. The molecule has 2 atom stereocenters. The summed E-state index contributed by atoms with van der Waals surface area (Å²) in [6.07, 6.45) is 5.28. The average Bonchev–Trinajstić information content (AvgIpc) is 2.04. The minimum absolute atomic E-state index is 0.418. The largest absolute Gasteiger partial charge is 0.378 e. The molecule has 62 valence electrons. The molecule has 0 bridgehead atoms. The third kappa shape index (κ3) is 1.45. The molecule has 2 aliphatic rings. The molecule has 1 heterocycles. The van der Waals surface area contributed by atoms with Crippen LogP contribution in [0, 0.1) is 5.92 Å². The van der Waals surface area contributed by atoms with Gasteiger partial charge in [0, 0.05) is 19.4 Å². The normalized spacial score (nSPS) is 38.4. The number of hydrogen-bond acceptors (Lipinski definition) is 2. The van der Waals surface area contributed by atoms with E-state index in [0.717, 1.165) is 32.3 Å². The third-order valence-corrected chi connectivity index (χ3v) is 2.77. The summed E-state index contributed by atoms with van der Waals surface area (Å²) in [6.45, 7) is 0.912. The van der Waals surface area contributed by atoms with Gasteiger partial charge >= 0.3 is 0 Å². The molecule has 1 saturated carbocycles. The molecule has 0 aromatic carbocycles. The van der Waals surface area contributed by atoms with Crippen molar-refractivity contribution in [1.82, 2.24) is 0 Å². The topological polar surface area (TPSA) is 26.3 Å². The van der Waals surface area contributed by atoms with Crippen molar-refractivity contribution in [2.75, 3.05) is 6.61 Å². The minimum atomic E-state index is 0.418. The Bertz CT molecular complexity index is 165. The maximum Gasteiger partial charge on any atom is 0.133 e. The molecular formula is C9H14O2. The van der Waals surface area contributed by atoms with Crippen molar-refractivity contribution in [3.05, 3.63) is 0 Å². The van der Waals surface area contributed by atoms with Crippen molar-refractivity contribution < 1.29 is 9.53 Å². The summed E-state index contributed by atoms with van der Waals surface area (Å²) >= 11 is 0. The number of Topliss-reactive ketones (excluding diaryl/α,β-unsaturated/α-hetero) is 1. The predicted molar refractivity (Wildman–Crippen MR) is 41.3 cm³/mol. The van der Waals surface area contributed by atoms with Gasteiger partial charge in [-0.1, -0.05) is 0 Å². The zero-order valence-corrected chi connectivity index (χ0v) is 6.71. The molecule has 1 aliphatic heterocycles. The van der Waals surface area contributed by atoms with Crippen LogP contribution in [0.15, 0.2) is 0 Å². The van der Waals surface area contributed by atoms with Crippen molar-refractivity contribution in [1.29, 1.82) is 0 Å². The fourth-order valence-corrected chi connectivity index (χ4v) is 2.15. The summed E-state index contributed by atoms with van der Waals surface area (Å²) in [5.74, 6) is 1.00. The number of ether oxygens (including phenoxy) is 1. The molecule has 0 aromatic heterocycles. The first kappa shape index (κ1) is 7.29. The molecule has 0 aromatic rings. The van der Waals surface area contributed by atoms with Crippen LogP contribution < -0.4 is 0 Å². The fraction of sp³-hybridized carbons (Fsp3) is 0.889. The van der Waals surface area contributed by atoms with E-state index in [1.807, 2.05) is 0 Å². The quantitative estimate of drug-likeness (QED) is 0.529. The van der Waals surface area contributed by atoms with Crippen molar-refractivity contribution in [2.45, 2.75) is 38.2 Å². The summed E-state index contributed by atoms with van der Waals surface area (Å²) < 4.78 is 5.58. The van der Waals surface area contributed by atoms with Gasteiger partial charge in [-0.2, -0.15) is 0 Å². The Hall–Kier alpha value is -0.370. The minimum Gasteiger partial charge on any atom is -0.378 e. The first-order valence-electron chi connectivity index (χ1n) is 4.49. The van der Waals surface area contributed by atoms with E-state index >= 15 is 0 Å². The van der Waals surface area contributed by atoms with Gasteiger partial charge in [-0.15, -0.1) is 0 Å². The predicted octanol–water partition coefficient (Wildman–Crippen LogP) is 1.53. The lowest BCUT2D eigenvalue weighted by Crippen LogP contribution is -2.35. The molecule has 1 aliphatic carbocycles. The van der Waals surface area contributed by atoms with Gasteiger partial charge in [0.25, 0.3) is 0 Å². The zero-order valence-electron chi connectivity index (χ0n) is 6.71. The Morgan fingerprint density at radius 1 is 1.36 bits per heavy atom. The van der Waals surface area contributed by atoms with Gasteiger partial charge in [-0.3, -0.25) is 4.79 Å². The van der Waals surface area contributed by atoms with E-state index in [4.69, 9.17) is 4.74 Å². The highest BCUT2D eigenvalue weighted by atomic mass is 16.5. The lowest BCUT2D eigenvalue weighted by Gasteiger charge is -2.34. The van der Waals surface area contributed by atoms with Gasteiger partial charge in [-0.25, -0.2) is 0 Å². The maximum absolute atomic E-state index is 11.1. The third-order valence-electron chi connectivity index (χ3n) is 2.77. The molecule has 2 fully saturated rings. The molecular weight excluding hydrogens is 140 g/mol. The van der Waals surface area contributed by atoms with E-state index in [1.165, 1.54) is 6.42 Å². The van der Waals surface area contributed by atoms with Gasteiger partial charge in [0.15, 0.2) is 0 Å². The number of hydrogen-bond donors (Lipinski definition) is 0. The van der Waals surface area contributed by atoms with E-state index in [9.17, 15) is 4.79 Å². The molecule has 2 unspecified atom stereocenters. The highest BCUT2D eigenvalue weighted by Gasteiger charge is 2.31. The van der Waals surface area contributed by atoms with Crippen LogP contribution in [0.1, 0.15) is 32.1 Å². The van der Waals surface area contributed by atoms with Crippen molar-refractivity contribution in [3.8, 4) is 0 Å². The zero-order chi connectivity index (χ0) is 7.68. The number of carbonyl (C=O) groups excluding carboxylic acids is 1. The molecule has 2 rings (SSSR count). The second-order valence-corrected chi connectivity index (χ2v) is 3.59. The van der Waals surface area contributed by atoms with Crippen LogP contribution in [0.2, 0.25) is 0 Å². The summed E-state index contributed by atoms with van der Waals surface area (Å²) in [5.41, 5.74) is 0. The number of fused-ring (bicyclic) bond motifs is 1.